The van der Waals surface area contributed by atoms with Gasteiger partial charge in [-0.2, -0.15) is 0 Å². The van der Waals surface area contributed by atoms with Crippen molar-refractivity contribution in [3.63, 3.8) is 0 Å². The van der Waals surface area contributed by atoms with Gasteiger partial charge < -0.3 is 4.57 Å². The summed E-state index contributed by atoms with van der Waals surface area (Å²) in [6.45, 7) is 0. The van der Waals surface area contributed by atoms with Gasteiger partial charge in [-0.05, 0) is 24.5 Å². The molecular weight excluding hydrogens is 226 g/mol. The van der Waals surface area contributed by atoms with Crippen LogP contribution in [-0.2, 0) is 18.3 Å². The average Bonchev–Trinajstić information content (AvgIpc) is 2.67. The van der Waals surface area contributed by atoms with Crippen molar-refractivity contribution in [2.45, 2.75) is 19.3 Å². The minimum Gasteiger partial charge on any atom is -0.350 e. The number of carbonyl (C=O) groups is 1. The minimum absolute atomic E-state index is 0.0183. The molecule has 0 saturated heterocycles. The van der Waals surface area contributed by atoms with Crippen LogP contribution in [0.3, 0.4) is 0 Å². The highest BCUT2D eigenvalue weighted by Gasteiger charge is 2.08. The Balaban J connectivity index is 2.06. The molecule has 1 amide bonds. The molecule has 0 unspecified atom stereocenters. The minimum atomic E-state index is -0.0183. The number of nitrogens with two attached hydrogens (primary N) is 1. The van der Waals surface area contributed by atoms with Crippen LogP contribution in [-0.4, -0.2) is 22.5 Å². The van der Waals surface area contributed by atoms with E-state index in [2.05, 4.69) is 22.9 Å². The van der Waals surface area contributed by atoms with E-state index in [1.54, 1.807) is 7.05 Å². The molecule has 18 heavy (non-hydrogen) atoms. The molecule has 0 spiro atoms. The van der Waals surface area contributed by atoms with Crippen molar-refractivity contribution in [1.29, 1.82) is 0 Å². The predicted octanol–water partition coefficient (Wildman–Crippen LogP) is 1.83. The van der Waals surface area contributed by atoms with Crippen LogP contribution in [0.1, 0.15) is 18.4 Å². The van der Waals surface area contributed by atoms with Crippen molar-refractivity contribution in [2.24, 2.45) is 12.9 Å². The number of benzene rings is 1. The van der Waals surface area contributed by atoms with Crippen LogP contribution in [0, 0.1) is 0 Å². The van der Waals surface area contributed by atoms with Crippen LogP contribution in [0.4, 0.5) is 0 Å². The molecule has 0 bridgehead atoms. The number of nitrogens with zero attached hydrogens (tertiary/aromatic N) is 2. The lowest BCUT2D eigenvalue weighted by molar-refractivity contribution is -0.130. The summed E-state index contributed by atoms with van der Waals surface area (Å²) in [6.07, 6.45) is 4.37. The van der Waals surface area contributed by atoms with E-state index in [0.29, 0.717) is 6.42 Å². The van der Waals surface area contributed by atoms with E-state index in [0.717, 1.165) is 17.9 Å². The fourth-order valence-corrected chi connectivity index (χ4v) is 2.23. The molecule has 1 aromatic heterocycles. The first-order valence-electron chi connectivity index (χ1n) is 6.14. The Kier molecular flexibility index (Phi) is 3.67. The average molecular weight is 245 g/mol. The zero-order valence-corrected chi connectivity index (χ0v) is 10.9. The van der Waals surface area contributed by atoms with E-state index in [4.69, 9.17) is 5.84 Å². The summed E-state index contributed by atoms with van der Waals surface area (Å²) in [5.41, 5.74) is 2.52. The zero-order chi connectivity index (χ0) is 13.1. The summed E-state index contributed by atoms with van der Waals surface area (Å²) < 4.78 is 2.13. The van der Waals surface area contributed by atoms with Gasteiger partial charge in [0.2, 0.25) is 5.91 Å². The third-order valence-corrected chi connectivity index (χ3v) is 3.21. The van der Waals surface area contributed by atoms with E-state index < -0.39 is 0 Å². The highest BCUT2D eigenvalue weighted by molar-refractivity contribution is 5.84. The fraction of sp³-hybridized carbons (Fsp3) is 0.357. The first-order valence-corrected chi connectivity index (χ1v) is 6.14. The molecule has 0 aliphatic heterocycles. The van der Waals surface area contributed by atoms with Crippen LogP contribution < -0.4 is 5.84 Å². The third kappa shape index (κ3) is 2.54. The molecule has 2 N–H and O–H groups in total. The zero-order valence-electron chi connectivity index (χ0n) is 10.9. The lowest BCUT2D eigenvalue weighted by Gasteiger charge is -2.08. The number of para-hydroxylation sites is 1. The van der Waals surface area contributed by atoms with Gasteiger partial charge >= 0.3 is 0 Å². The highest BCUT2D eigenvalue weighted by Crippen LogP contribution is 2.21. The Labute approximate surface area is 107 Å². The molecule has 0 fully saturated rings. The van der Waals surface area contributed by atoms with Gasteiger partial charge in [-0.25, -0.2) is 5.84 Å². The standard InChI is InChI=1S/C14H19N3O/c1-16-10-11(6-5-9-14(18)17(2)15)12-7-3-4-8-13(12)16/h3-4,7-8,10H,5-6,9,15H2,1-2H3. The summed E-state index contributed by atoms with van der Waals surface area (Å²) in [5, 5.41) is 2.43. The fourth-order valence-electron chi connectivity index (χ4n) is 2.23. The second-order valence-corrected chi connectivity index (χ2v) is 4.64. The Morgan fingerprint density at radius 3 is 2.83 bits per heavy atom. The Bertz CT molecular complexity index is 557. The van der Waals surface area contributed by atoms with E-state index in [1.165, 1.54) is 16.5 Å². The van der Waals surface area contributed by atoms with Gasteiger partial charge in [0.1, 0.15) is 0 Å². The van der Waals surface area contributed by atoms with Gasteiger partial charge in [-0.15, -0.1) is 0 Å². The molecule has 0 saturated carbocycles. The van der Waals surface area contributed by atoms with Gasteiger partial charge in [-0.3, -0.25) is 9.80 Å². The SMILES string of the molecule is CN(N)C(=O)CCCc1cn(C)c2ccccc12. The van der Waals surface area contributed by atoms with Gasteiger partial charge in [0.05, 0.1) is 0 Å². The second kappa shape index (κ2) is 5.23. The molecule has 0 aliphatic rings. The number of hydrogen-bond donors (Lipinski definition) is 1. The first-order chi connectivity index (χ1) is 8.59. The first kappa shape index (κ1) is 12.6. The molecule has 2 rings (SSSR count). The van der Waals surface area contributed by atoms with Gasteiger partial charge in [0.25, 0.3) is 0 Å². The highest BCUT2D eigenvalue weighted by atomic mass is 16.2. The second-order valence-electron chi connectivity index (χ2n) is 4.64. The van der Waals surface area contributed by atoms with Crippen LogP contribution in [0.5, 0.6) is 0 Å². The summed E-state index contributed by atoms with van der Waals surface area (Å²) in [6, 6.07) is 8.32. The van der Waals surface area contributed by atoms with Gasteiger partial charge in [0, 0.05) is 37.6 Å². The number of rotatable bonds is 4. The topological polar surface area (TPSA) is 51.3 Å². The van der Waals surface area contributed by atoms with Crippen molar-refractivity contribution < 1.29 is 4.79 Å². The Morgan fingerprint density at radius 1 is 1.39 bits per heavy atom. The maximum atomic E-state index is 11.4. The smallest absolute Gasteiger partial charge is 0.236 e. The number of fused-ring (bicyclic) bond motifs is 1. The molecule has 1 heterocycles. The molecule has 2 aromatic rings. The van der Waals surface area contributed by atoms with E-state index >= 15 is 0 Å². The summed E-state index contributed by atoms with van der Waals surface area (Å²) in [4.78, 5) is 11.4. The quantitative estimate of drug-likeness (QED) is 0.507. The van der Waals surface area contributed by atoms with E-state index in [1.807, 2.05) is 19.2 Å². The molecular formula is C14H19N3O. The molecule has 0 atom stereocenters. The third-order valence-electron chi connectivity index (χ3n) is 3.21. The van der Waals surface area contributed by atoms with Gasteiger partial charge in [-0.1, -0.05) is 18.2 Å². The monoisotopic (exact) mass is 245 g/mol. The molecule has 0 radical (unpaired) electrons. The van der Waals surface area contributed by atoms with Crippen molar-refractivity contribution in [1.82, 2.24) is 9.58 Å². The van der Waals surface area contributed by atoms with Crippen LogP contribution >= 0.6 is 0 Å². The number of aromatic nitrogens is 1. The van der Waals surface area contributed by atoms with Crippen LogP contribution in [0.25, 0.3) is 10.9 Å². The summed E-state index contributed by atoms with van der Waals surface area (Å²) in [7, 11) is 3.63. The summed E-state index contributed by atoms with van der Waals surface area (Å²) >= 11 is 0. The summed E-state index contributed by atoms with van der Waals surface area (Å²) in [5.74, 6) is 5.37. The molecule has 4 nitrogen and oxygen atoms in total. The molecule has 0 aliphatic carbocycles. The lowest BCUT2D eigenvalue weighted by atomic mass is 10.1. The number of carbonyl (C=O) groups excluding carboxylic acids is 1. The predicted molar refractivity (Wildman–Crippen MR) is 72.8 cm³/mol. The maximum absolute atomic E-state index is 11.4. The lowest BCUT2D eigenvalue weighted by Crippen LogP contribution is -2.32. The Hall–Kier alpha value is -1.81. The molecule has 4 heteroatoms. The number of hydrogen-bond acceptors (Lipinski definition) is 2. The maximum Gasteiger partial charge on any atom is 0.236 e. The largest absolute Gasteiger partial charge is 0.350 e. The number of hydrazine groups is 1. The van der Waals surface area contributed by atoms with Crippen LogP contribution in [0.15, 0.2) is 30.5 Å². The number of amides is 1. The van der Waals surface area contributed by atoms with E-state index in [9.17, 15) is 4.79 Å². The van der Waals surface area contributed by atoms with Crippen molar-refractivity contribution in [3.05, 3.63) is 36.0 Å². The van der Waals surface area contributed by atoms with Crippen molar-refractivity contribution in [2.75, 3.05) is 7.05 Å². The van der Waals surface area contributed by atoms with Crippen molar-refractivity contribution >= 4 is 16.8 Å². The normalized spacial score (nSPS) is 10.8. The number of aryl methyl sites for hydroxylation is 2. The van der Waals surface area contributed by atoms with E-state index in [-0.39, 0.29) is 5.91 Å². The molecule has 1 aromatic carbocycles. The van der Waals surface area contributed by atoms with Gasteiger partial charge in [0.15, 0.2) is 0 Å². The Morgan fingerprint density at radius 2 is 2.11 bits per heavy atom. The van der Waals surface area contributed by atoms with Crippen molar-refractivity contribution in [3.8, 4) is 0 Å². The molecule has 96 valence electrons. The van der Waals surface area contributed by atoms with Crippen LogP contribution in [0.2, 0.25) is 0 Å².